The molecule has 0 saturated carbocycles. The molecule has 8 nitrogen and oxygen atoms in total. The summed E-state index contributed by atoms with van der Waals surface area (Å²) in [5.74, 6) is -0.395. The van der Waals surface area contributed by atoms with E-state index in [-0.39, 0.29) is 24.6 Å². The Bertz CT molecular complexity index is 1160. The first-order valence-electron chi connectivity index (χ1n) is 10.9. The van der Waals surface area contributed by atoms with Crippen molar-refractivity contribution in [2.45, 2.75) is 33.0 Å². The maximum atomic E-state index is 12.6. The van der Waals surface area contributed by atoms with Crippen LogP contribution in [-0.4, -0.2) is 23.9 Å². The molecule has 34 heavy (non-hydrogen) atoms. The van der Waals surface area contributed by atoms with Crippen molar-refractivity contribution in [3.8, 4) is 5.75 Å². The number of hydrogen-bond acceptors (Lipinski definition) is 4. The largest absolute Gasteiger partial charge is 0.488 e. The maximum absolute atomic E-state index is 12.6. The van der Waals surface area contributed by atoms with Gasteiger partial charge in [0.05, 0.1) is 5.56 Å². The fourth-order valence-corrected chi connectivity index (χ4v) is 3.18. The average Bonchev–Trinajstić information content (AvgIpc) is 2.82. The van der Waals surface area contributed by atoms with Gasteiger partial charge in [-0.15, -0.1) is 0 Å². The second-order valence-corrected chi connectivity index (χ2v) is 7.98. The van der Waals surface area contributed by atoms with Gasteiger partial charge in [-0.25, -0.2) is 4.79 Å². The number of benzene rings is 3. The van der Waals surface area contributed by atoms with E-state index in [0.29, 0.717) is 29.1 Å². The number of nitrogens with one attached hydrogen (secondary N) is 3. The van der Waals surface area contributed by atoms with Crippen molar-refractivity contribution < 1.29 is 19.1 Å². The Hall–Kier alpha value is -4.33. The summed E-state index contributed by atoms with van der Waals surface area (Å²) in [6.07, 6.45) is 0. The highest BCUT2D eigenvalue weighted by Gasteiger charge is 2.10. The molecule has 8 heteroatoms. The number of anilines is 1. The van der Waals surface area contributed by atoms with Gasteiger partial charge in [0.2, 0.25) is 0 Å². The van der Waals surface area contributed by atoms with Crippen LogP contribution < -0.4 is 26.4 Å². The minimum atomic E-state index is -0.564. The van der Waals surface area contributed by atoms with Crippen molar-refractivity contribution in [3.63, 3.8) is 0 Å². The van der Waals surface area contributed by atoms with Crippen LogP contribution in [0.2, 0.25) is 0 Å². The van der Waals surface area contributed by atoms with Gasteiger partial charge in [-0.2, -0.15) is 0 Å². The van der Waals surface area contributed by atoms with Crippen molar-refractivity contribution in [2.75, 3.05) is 5.32 Å². The molecule has 0 atom stereocenters. The molecule has 0 unspecified atom stereocenters. The zero-order chi connectivity index (χ0) is 24.5. The number of carbonyl (C=O) groups is 3. The number of hydrogen-bond donors (Lipinski definition) is 4. The molecular formula is C26H28N4O4. The van der Waals surface area contributed by atoms with Crippen LogP contribution in [0.15, 0.2) is 72.8 Å². The average molecular weight is 461 g/mol. The molecule has 0 aliphatic heterocycles. The Balaban J connectivity index is 1.54. The molecule has 0 saturated heterocycles. The lowest BCUT2D eigenvalue weighted by Gasteiger charge is -2.11. The molecule has 0 fully saturated rings. The van der Waals surface area contributed by atoms with Crippen LogP contribution in [-0.2, 0) is 13.2 Å². The number of carbonyl (C=O) groups excluding carboxylic acids is 3. The lowest BCUT2D eigenvalue weighted by molar-refractivity contribution is 0.0949. The Morgan fingerprint density at radius 3 is 2.35 bits per heavy atom. The van der Waals surface area contributed by atoms with Crippen molar-refractivity contribution >= 4 is 23.5 Å². The third-order valence-corrected chi connectivity index (χ3v) is 4.82. The van der Waals surface area contributed by atoms with Gasteiger partial charge in [-0.1, -0.05) is 36.4 Å². The zero-order valence-electron chi connectivity index (χ0n) is 19.1. The van der Waals surface area contributed by atoms with E-state index in [0.717, 1.165) is 11.1 Å². The summed E-state index contributed by atoms with van der Waals surface area (Å²) >= 11 is 0. The number of ether oxygens (including phenoxy) is 1. The van der Waals surface area contributed by atoms with Gasteiger partial charge >= 0.3 is 6.03 Å². The topological polar surface area (TPSA) is 123 Å². The number of rotatable bonds is 9. The van der Waals surface area contributed by atoms with Crippen LogP contribution in [0.1, 0.15) is 45.7 Å². The predicted octanol–water partition coefficient (Wildman–Crippen LogP) is 3.82. The van der Waals surface area contributed by atoms with Crippen LogP contribution in [0.3, 0.4) is 0 Å². The number of para-hydroxylation sites is 1. The summed E-state index contributed by atoms with van der Waals surface area (Å²) in [6, 6.07) is 20.8. The molecule has 3 aromatic carbocycles. The fourth-order valence-electron chi connectivity index (χ4n) is 3.18. The normalized spacial score (nSPS) is 10.4. The molecule has 0 radical (unpaired) electrons. The van der Waals surface area contributed by atoms with E-state index >= 15 is 0 Å². The molecule has 3 aromatic rings. The first-order valence-corrected chi connectivity index (χ1v) is 10.9. The minimum absolute atomic E-state index is 0.0468. The van der Waals surface area contributed by atoms with E-state index in [2.05, 4.69) is 16.0 Å². The zero-order valence-corrected chi connectivity index (χ0v) is 19.1. The summed E-state index contributed by atoms with van der Waals surface area (Å²) in [7, 11) is 0. The van der Waals surface area contributed by atoms with Crippen LogP contribution in [0.4, 0.5) is 10.5 Å². The molecular weight excluding hydrogens is 432 g/mol. The van der Waals surface area contributed by atoms with E-state index in [1.54, 1.807) is 54.6 Å². The molecule has 0 spiro atoms. The first-order chi connectivity index (χ1) is 16.3. The van der Waals surface area contributed by atoms with Crippen LogP contribution in [0.25, 0.3) is 0 Å². The molecule has 0 heterocycles. The summed E-state index contributed by atoms with van der Waals surface area (Å²) in [5, 5.41) is 8.40. The number of amides is 4. The highest BCUT2D eigenvalue weighted by molar-refractivity contribution is 5.95. The molecule has 0 aliphatic carbocycles. The smallest absolute Gasteiger partial charge is 0.319 e. The van der Waals surface area contributed by atoms with Crippen molar-refractivity contribution in [1.82, 2.24) is 10.6 Å². The van der Waals surface area contributed by atoms with Gasteiger partial charge < -0.3 is 26.4 Å². The highest BCUT2D eigenvalue weighted by Crippen LogP contribution is 2.19. The Labute approximate surface area is 198 Å². The standard InChI is InChI=1S/C26H28N4O4/c1-17(2)29-26(33)30-21-12-10-18(11-13-21)15-28-25(32)20-7-5-6-19(14-20)16-34-23-9-4-3-8-22(23)24(27)31/h3-14,17H,15-16H2,1-2H3,(H2,27,31)(H,28,32)(H2,29,30,33). The van der Waals surface area contributed by atoms with Gasteiger partial charge in [-0.05, 0) is 61.4 Å². The van der Waals surface area contributed by atoms with Crippen molar-refractivity contribution in [1.29, 1.82) is 0 Å². The van der Waals surface area contributed by atoms with E-state index in [9.17, 15) is 14.4 Å². The third kappa shape index (κ3) is 7.09. The Morgan fingerprint density at radius 2 is 1.65 bits per heavy atom. The molecule has 0 aromatic heterocycles. The van der Waals surface area contributed by atoms with E-state index in [1.165, 1.54) is 0 Å². The van der Waals surface area contributed by atoms with E-state index in [1.807, 2.05) is 32.0 Å². The van der Waals surface area contributed by atoms with E-state index < -0.39 is 5.91 Å². The summed E-state index contributed by atoms with van der Waals surface area (Å²) in [5.41, 5.74) is 8.52. The Morgan fingerprint density at radius 1 is 0.912 bits per heavy atom. The van der Waals surface area contributed by atoms with Gasteiger partial charge in [0.25, 0.3) is 11.8 Å². The first kappa shape index (κ1) is 24.3. The van der Waals surface area contributed by atoms with Gasteiger partial charge in [0, 0.05) is 23.8 Å². The lowest BCUT2D eigenvalue weighted by atomic mass is 10.1. The van der Waals surface area contributed by atoms with Crippen molar-refractivity contribution in [3.05, 3.63) is 95.1 Å². The van der Waals surface area contributed by atoms with Gasteiger partial charge in [0.1, 0.15) is 12.4 Å². The third-order valence-electron chi connectivity index (χ3n) is 4.82. The summed E-state index contributed by atoms with van der Waals surface area (Å²) in [6.45, 7) is 4.29. The molecule has 3 rings (SSSR count). The maximum Gasteiger partial charge on any atom is 0.319 e. The molecule has 0 bridgehead atoms. The van der Waals surface area contributed by atoms with Crippen LogP contribution in [0.5, 0.6) is 5.75 Å². The summed E-state index contributed by atoms with van der Waals surface area (Å²) < 4.78 is 5.74. The second-order valence-electron chi connectivity index (χ2n) is 7.98. The second kappa shape index (κ2) is 11.5. The van der Waals surface area contributed by atoms with Crippen LogP contribution in [0, 0.1) is 0 Å². The van der Waals surface area contributed by atoms with Crippen molar-refractivity contribution in [2.24, 2.45) is 5.73 Å². The molecule has 0 aliphatic rings. The SMILES string of the molecule is CC(C)NC(=O)Nc1ccc(CNC(=O)c2cccc(COc3ccccc3C(N)=O)c2)cc1. The fraction of sp³-hybridized carbons (Fsp3) is 0.192. The number of urea groups is 1. The van der Waals surface area contributed by atoms with E-state index in [4.69, 9.17) is 10.5 Å². The van der Waals surface area contributed by atoms with Crippen LogP contribution >= 0.6 is 0 Å². The molecule has 4 amide bonds. The highest BCUT2D eigenvalue weighted by atomic mass is 16.5. The van der Waals surface area contributed by atoms with Gasteiger partial charge in [-0.3, -0.25) is 9.59 Å². The lowest BCUT2D eigenvalue weighted by Crippen LogP contribution is -2.34. The predicted molar refractivity (Wildman–Crippen MR) is 131 cm³/mol. The number of nitrogens with two attached hydrogens (primary N) is 1. The summed E-state index contributed by atoms with van der Waals surface area (Å²) in [4.78, 5) is 35.9. The molecule has 5 N–H and O–H groups in total. The minimum Gasteiger partial charge on any atom is -0.488 e. The molecule has 176 valence electrons. The Kier molecular flexibility index (Phi) is 8.23. The number of primary amides is 1. The quantitative estimate of drug-likeness (QED) is 0.388. The monoisotopic (exact) mass is 460 g/mol. The van der Waals surface area contributed by atoms with Gasteiger partial charge in [0.15, 0.2) is 0 Å².